The molecule has 0 amide bonds. The number of aromatic nitrogens is 3. The van der Waals surface area contributed by atoms with Crippen molar-refractivity contribution in [3.63, 3.8) is 0 Å². The van der Waals surface area contributed by atoms with Crippen molar-refractivity contribution >= 4 is 5.82 Å². The largest absolute Gasteiger partial charge is 0.379 e. The van der Waals surface area contributed by atoms with Gasteiger partial charge in [0.05, 0.1) is 11.7 Å². The summed E-state index contributed by atoms with van der Waals surface area (Å²) in [6.45, 7) is 7.36. The molecule has 0 aliphatic rings. The minimum absolute atomic E-state index is 0.266. The molecule has 108 valence electrons. The summed E-state index contributed by atoms with van der Waals surface area (Å²) in [6, 6.07) is 3.76. The van der Waals surface area contributed by atoms with E-state index in [9.17, 15) is 0 Å². The molecule has 6 nitrogen and oxygen atoms in total. The second-order valence-corrected chi connectivity index (χ2v) is 4.75. The molecular weight excluding hydrogens is 256 g/mol. The monoisotopic (exact) mass is 276 g/mol. The minimum Gasteiger partial charge on any atom is -0.379 e. The normalized spacial score (nSPS) is 11.0. The van der Waals surface area contributed by atoms with Crippen molar-refractivity contribution in [2.45, 2.75) is 33.3 Å². The average molecular weight is 276 g/mol. The molecule has 1 N–H and O–H groups in total. The van der Waals surface area contributed by atoms with E-state index in [4.69, 9.17) is 9.26 Å². The summed E-state index contributed by atoms with van der Waals surface area (Å²) in [6.07, 6.45) is 2.92. The summed E-state index contributed by atoms with van der Waals surface area (Å²) >= 11 is 0. The highest BCUT2D eigenvalue weighted by atomic mass is 16.5. The fourth-order valence-corrected chi connectivity index (χ4v) is 1.72. The van der Waals surface area contributed by atoms with Crippen molar-refractivity contribution in [1.82, 2.24) is 15.1 Å². The number of hydrogen-bond donors (Lipinski definition) is 1. The molecule has 2 aromatic heterocycles. The molecule has 0 saturated carbocycles. The van der Waals surface area contributed by atoms with Crippen molar-refractivity contribution in [3.8, 4) is 11.5 Å². The number of nitrogens with zero attached hydrogens (tertiary/aromatic N) is 3. The van der Waals surface area contributed by atoms with E-state index < -0.39 is 0 Å². The second-order valence-electron chi connectivity index (χ2n) is 4.75. The fraction of sp³-hybridized carbons (Fsp3) is 0.500. The lowest BCUT2D eigenvalue weighted by molar-refractivity contribution is 0.0787. The molecule has 0 bridgehead atoms. The van der Waals surface area contributed by atoms with E-state index in [1.165, 1.54) is 0 Å². The molecule has 0 saturated heterocycles. The molecule has 20 heavy (non-hydrogen) atoms. The van der Waals surface area contributed by atoms with Gasteiger partial charge in [-0.3, -0.25) is 0 Å². The third-order valence-corrected chi connectivity index (χ3v) is 2.63. The van der Waals surface area contributed by atoms with Gasteiger partial charge in [0, 0.05) is 19.3 Å². The number of anilines is 1. The third-order valence-electron chi connectivity index (χ3n) is 2.63. The maximum absolute atomic E-state index is 5.50. The van der Waals surface area contributed by atoms with Crippen LogP contribution in [0.15, 0.2) is 22.9 Å². The van der Waals surface area contributed by atoms with Crippen LogP contribution in [0.2, 0.25) is 0 Å². The zero-order valence-corrected chi connectivity index (χ0v) is 12.1. The Morgan fingerprint density at radius 3 is 2.95 bits per heavy atom. The van der Waals surface area contributed by atoms with Gasteiger partial charge in [0.25, 0.3) is 5.89 Å². The number of pyridine rings is 1. The molecule has 2 rings (SSSR count). The standard InChI is InChI=1S/C14H20N4O2/c1-10(2)19-9-5-8-16-13-12(6-4-7-15-13)14-17-11(3)18-20-14/h4,6-7,10H,5,8-9H2,1-3H3,(H,15,16). The fourth-order valence-electron chi connectivity index (χ4n) is 1.72. The van der Waals surface area contributed by atoms with Crippen LogP contribution >= 0.6 is 0 Å². The number of hydrogen-bond acceptors (Lipinski definition) is 6. The van der Waals surface area contributed by atoms with Crippen molar-refractivity contribution in [1.29, 1.82) is 0 Å². The van der Waals surface area contributed by atoms with Crippen molar-refractivity contribution in [3.05, 3.63) is 24.2 Å². The number of aryl methyl sites for hydroxylation is 1. The van der Waals surface area contributed by atoms with E-state index in [0.29, 0.717) is 11.7 Å². The van der Waals surface area contributed by atoms with Gasteiger partial charge in [-0.15, -0.1) is 0 Å². The highest BCUT2D eigenvalue weighted by Gasteiger charge is 2.11. The Bertz CT molecular complexity index is 539. The van der Waals surface area contributed by atoms with Crippen LogP contribution in [-0.4, -0.2) is 34.4 Å². The van der Waals surface area contributed by atoms with Crippen LogP contribution in [0, 0.1) is 6.92 Å². The number of nitrogens with one attached hydrogen (secondary N) is 1. The maximum Gasteiger partial charge on any atom is 0.261 e. The first-order valence-electron chi connectivity index (χ1n) is 6.78. The first kappa shape index (κ1) is 14.5. The SMILES string of the molecule is Cc1noc(-c2cccnc2NCCCOC(C)C)n1. The summed E-state index contributed by atoms with van der Waals surface area (Å²) in [5.41, 5.74) is 0.817. The Kier molecular flexibility index (Phi) is 5.06. The molecule has 0 aliphatic carbocycles. The van der Waals surface area contributed by atoms with Crippen LogP contribution in [0.4, 0.5) is 5.82 Å². The molecule has 2 aromatic rings. The summed E-state index contributed by atoms with van der Waals surface area (Å²) in [7, 11) is 0. The Labute approximate surface area is 118 Å². The Balaban J connectivity index is 1.95. The first-order chi connectivity index (χ1) is 9.66. The smallest absolute Gasteiger partial charge is 0.261 e. The minimum atomic E-state index is 0.266. The summed E-state index contributed by atoms with van der Waals surface area (Å²) in [5, 5.41) is 7.08. The Morgan fingerprint density at radius 1 is 1.40 bits per heavy atom. The highest BCUT2D eigenvalue weighted by Crippen LogP contribution is 2.23. The predicted octanol–water partition coefficient (Wildman–Crippen LogP) is 2.67. The van der Waals surface area contributed by atoms with Gasteiger partial charge in [-0.1, -0.05) is 5.16 Å². The first-order valence-corrected chi connectivity index (χ1v) is 6.78. The molecule has 6 heteroatoms. The van der Waals surface area contributed by atoms with Crippen LogP contribution < -0.4 is 5.32 Å². The van der Waals surface area contributed by atoms with Crippen LogP contribution in [0.5, 0.6) is 0 Å². The van der Waals surface area contributed by atoms with Crippen LogP contribution in [0.1, 0.15) is 26.1 Å². The lowest BCUT2D eigenvalue weighted by atomic mass is 10.2. The van der Waals surface area contributed by atoms with Gasteiger partial charge in [0.2, 0.25) is 0 Å². The van der Waals surface area contributed by atoms with Crippen LogP contribution in [0.3, 0.4) is 0 Å². The molecule has 0 spiro atoms. The van der Waals surface area contributed by atoms with Gasteiger partial charge < -0.3 is 14.6 Å². The molecular formula is C14H20N4O2. The lowest BCUT2D eigenvalue weighted by Gasteiger charge is -2.10. The Hall–Kier alpha value is -1.95. The van der Waals surface area contributed by atoms with E-state index in [0.717, 1.165) is 31.0 Å². The second kappa shape index (κ2) is 7.00. The molecule has 0 atom stereocenters. The molecule has 0 fully saturated rings. The quantitative estimate of drug-likeness (QED) is 0.784. The Morgan fingerprint density at radius 2 is 2.25 bits per heavy atom. The van der Waals surface area contributed by atoms with E-state index in [1.54, 1.807) is 13.1 Å². The van der Waals surface area contributed by atoms with Gasteiger partial charge >= 0.3 is 0 Å². The topological polar surface area (TPSA) is 73.1 Å². The van der Waals surface area contributed by atoms with E-state index in [2.05, 4.69) is 20.4 Å². The predicted molar refractivity (Wildman–Crippen MR) is 76.5 cm³/mol. The molecule has 0 aromatic carbocycles. The summed E-state index contributed by atoms with van der Waals surface area (Å²) in [4.78, 5) is 8.54. The van der Waals surface area contributed by atoms with Crippen LogP contribution in [0.25, 0.3) is 11.5 Å². The zero-order chi connectivity index (χ0) is 14.4. The van der Waals surface area contributed by atoms with Gasteiger partial charge in [-0.05, 0) is 39.3 Å². The lowest BCUT2D eigenvalue weighted by Crippen LogP contribution is -2.10. The zero-order valence-electron chi connectivity index (χ0n) is 12.1. The van der Waals surface area contributed by atoms with E-state index in [-0.39, 0.29) is 6.10 Å². The number of ether oxygens (including phenoxy) is 1. The molecule has 2 heterocycles. The van der Waals surface area contributed by atoms with Gasteiger partial charge in [0.1, 0.15) is 5.82 Å². The summed E-state index contributed by atoms with van der Waals surface area (Å²) in [5.74, 6) is 1.84. The average Bonchev–Trinajstić information content (AvgIpc) is 2.85. The van der Waals surface area contributed by atoms with E-state index in [1.807, 2.05) is 26.0 Å². The van der Waals surface area contributed by atoms with Gasteiger partial charge in [0.15, 0.2) is 5.82 Å². The maximum atomic E-state index is 5.50. The van der Waals surface area contributed by atoms with Crippen molar-refractivity contribution in [2.75, 3.05) is 18.5 Å². The molecule has 0 radical (unpaired) electrons. The highest BCUT2D eigenvalue weighted by molar-refractivity contribution is 5.68. The third kappa shape index (κ3) is 4.03. The summed E-state index contributed by atoms with van der Waals surface area (Å²) < 4.78 is 10.7. The van der Waals surface area contributed by atoms with Crippen LogP contribution in [-0.2, 0) is 4.74 Å². The molecule has 0 unspecified atom stereocenters. The van der Waals surface area contributed by atoms with Crippen molar-refractivity contribution in [2.24, 2.45) is 0 Å². The molecule has 0 aliphatic heterocycles. The van der Waals surface area contributed by atoms with Gasteiger partial charge in [-0.25, -0.2) is 4.98 Å². The number of rotatable bonds is 7. The van der Waals surface area contributed by atoms with Crippen molar-refractivity contribution < 1.29 is 9.26 Å². The van der Waals surface area contributed by atoms with Gasteiger partial charge in [-0.2, -0.15) is 4.98 Å². The van der Waals surface area contributed by atoms with E-state index >= 15 is 0 Å².